The van der Waals surface area contributed by atoms with E-state index in [2.05, 4.69) is 18.8 Å². The van der Waals surface area contributed by atoms with Crippen molar-refractivity contribution in [3.05, 3.63) is 64.3 Å². The molecule has 0 unspecified atom stereocenters. The summed E-state index contributed by atoms with van der Waals surface area (Å²) in [4.78, 5) is 18.9. The molecule has 2 aromatic heterocycles. The molecule has 1 amide bonds. The first kappa shape index (κ1) is 18.6. The maximum Gasteiger partial charge on any atom is 0.273 e. The van der Waals surface area contributed by atoms with E-state index < -0.39 is 0 Å². The number of rotatable bonds is 5. The number of nitrogens with one attached hydrogen (secondary N) is 1. The topological polar surface area (TPSA) is 74.9 Å². The van der Waals surface area contributed by atoms with Crippen LogP contribution in [0, 0.1) is 11.3 Å². The van der Waals surface area contributed by atoms with Gasteiger partial charge in [0.25, 0.3) is 5.91 Å². The van der Waals surface area contributed by atoms with Gasteiger partial charge >= 0.3 is 0 Å². The Balaban J connectivity index is 1.71. The van der Waals surface area contributed by atoms with Crippen LogP contribution in [0.1, 0.15) is 25.1 Å². The van der Waals surface area contributed by atoms with Crippen LogP contribution < -0.4 is 4.90 Å². The Hall–Kier alpha value is -2.71. The van der Waals surface area contributed by atoms with Gasteiger partial charge in [-0.2, -0.15) is 5.10 Å². The van der Waals surface area contributed by atoms with Gasteiger partial charge in [0.05, 0.1) is 16.3 Å². The molecule has 3 heterocycles. The van der Waals surface area contributed by atoms with Crippen LogP contribution in [-0.2, 0) is 11.2 Å². The molecular weight excluding hydrogens is 390 g/mol. The first-order valence-corrected chi connectivity index (χ1v) is 10.6. The molecule has 4 rings (SSSR count). The summed E-state index contributed by atoms with van der Waals surface area (Å²) in [5, 5.41) is 15.4. The van der Waals surface area contributed by atoms with Crippen LogP contribution in [0.5, 0.6) is 0 Å². The van der Waals surface area contributed by atoms with Gasteiger partial charge in [0, 0.05) is 23.3 Å². The molecule has 0 spiro atoms. The van der Waals surface area contributed by atoms with E-state index in [4.69, 9.17) is 10.5 Å². The second kappa shape index (κ2) is 7.73. The first-order chi connectivity index (χ1) is 13.5. The largest absolute Gasteiger partial charge is 0.278 e. The van der Waals surface area contributed by atoms with Gasteiger partial charge < -0.3 is 0 Å². The molecule has 0 saturated carbocycles. The zero-order valence-corrected chi connectivity index (χ0v) is 17.1. The number of hydrogen-bond acceptors (Lipinski definition) is 6. The summed E-state index contributed by atoms with van der Waals surface area (Å²) in [7, 11) is 0. The van der Waals surface area contributed by atoms with Crippen LogP contribution in [0.25, 0.3) is 11.8 Å². The van der Waals surface area contributed by atoms with E-state index in [0.29, 0.717) is 16.0 Å². The van der Waals surface area contributed by atoms with Crippen LogP contribution in [0.4, 0.5) is 5.13 Å². The third-order valence-electron chi connectivity index (χ3n) is 4.17. The van der Waals surface area contributed by atoms with Crippen molar-refractivity contribution in [1.29, 1.82) is 5.41 Å². The van der Waals surface area contributed by atoms with Crippen molar-refractivity contribution in [3.63, 3.8) is 0 Å². The van der Waals surface area contributed by atoms with E-state index in [1.165, 1.54) is 16.2 Å². The Morgan fingerprint density at radius 2 is 2.04 bits per heavy atom. The maximum atomic E-state index is 12.9. The average molecular weight is 410 g/mol. The Bertz CT molecular complexity index is 1040. The Kier molecular flexibility index (Phi) is 5.15. The number of carbonyl (C=O) groups excluding carboxylic acids is 1. The molecule has 1 aliphatic heterocycles. The van der Waals surface area contributed by atoms with Crippen LogP contribution in [-0.4, -0.2) is 25.8 Å². The van der Waals surface area contributed by atoms with Crippen molar-refractivity contribution in [3.8, 4) is 5.69 Å². The van der Waals surface area contributed by atoms with Crippen LogP contribution in [0.15, 0.2) is 53.0 Å². The van der Waals surface area contributed by atoms with E-state index in [-0.39, 0.29) is 11.1 Å². The second-order valence-electron chi connectivity index (χ2n) is 6.78. The number of amides is 1. The minimum absolute atomic E-state index is 0.173. The lowest BCUT2D eigenvalue weighted by Crippen LogP contribution is -2.27. The number of para-hydroxylation sites is 1. The number of nitrogens with zero attached hydrogens (tertiary/aromatic N) is 4. The van der Waals surface area contributed by atoms with Gasteiger partial charge in [-0.1, -0.05) is 32.0 Å². The smallest absolute Gasteiger partial charge is 0.273 e. The SMILES string of the molecule is CC(C)Cc1nn(-c2ccccc2)cc1/C=C1\SC(=N)N(c2nccs2)C1=O. The minimum Gasteiger partial charge on any atom is -0.278 e. The number of thiazole rings is 1. The fraction of sp³-hybridized carbons (Fsp3) is 0.200. The maximum absolute atomic E-state index is 12.9. The molecule has 0 atom stereocenters. The van der Waals surface area contributed by atoms with Gasteiger partial charge in [-0.3, -0.25) is 10.2 Å². The highest BCUT2D eigenvalue weighted by Gasteiger charge is 2.35. The quantitative estimate of drug-likeness (QED) is 0.626. The minimum atomic E-state index is -0.215. The molecule has 6 nitrogen and oxygen atoms in total. The molecule has 1 saturated heterocycles. The van der Waals surface area contributed by atoms with Crippen molar-refractivity contribution < 1.29 is 4.79 Å². The van der Waals surface area contributed by atoms with E-state index in [0.717, 1.165) is 35.1 Å². The summed E-state index contributed by atoms with van der Waals surface area (Å²) in [6.45, 7) is 4.29. The zero-order chi connectivity index (χ0) is 19.7. The summed E-state index contributed by atoms with van der Waals surface area (Å²) < 4.78 is 1.85. The van der Waals surface area contributed by atoms with E-state index in [9.17, 15) is 4.79 Å². The van der Waals surface area contributed by atoms with Crippen LogP contribution >= 0.6 is 23.1 Å². The molecular formula is C20H19N5OS2. The fourth-order valence-corrected chi connectivity index (χ4v) is 4.47. The van der Waals surface area contributed by atoms with Crippen molar-refractivity contribution in [2.24, 2.45) is 5.92 Å². The van der Waals surface area contributed by atoms with E-state index >= 15 is 0 Å². The van der Waals surface area contributed by atoms with Gasteiger partial charge in [-0.25, -0.2) is 14.6 Å². The van der Waals surface area contributed by atoms with Crippen LogP contribution in [0.2, 0.25) is 0 Å². The third kappa shape index (κ3) is 3.65. The van der Waals surface area contributed by atoms with Crippen molar-refractivity contribution in [2.75, 3.05) is 4.90 Å². The number of carbonyl (C=O) groups is 1. The predicted octanol–water partition coefficient (Wildman–Crippen LogP) is 4.58. The van der Waals surface area contributed by atoms with Crippen molar-refractivity contribution in [1.82, 2.24) is 14.8 Å². The highest BCUT2D eigenvalue weighted by atomic mass is 32.2. The third-order valence-corrected chi connectivity index (χ3v) is 5.81. The Labute approximate surface area is 171 Å². The summed E-state index contributed by atoms with van der Waals surface area (Å²) in [6, 6.07) is 9.91. The highest BCUT2D eigenvalue weighted by molar-refractivity contribution is 8.19. The Morgan fingerprint density at radius 3 is 2.71 bits per heavy atom. The number of hydrogen-bond donors (Lipinski definition) is 1. The predicted molar refractivity (Wildman–Crippen MR) is 115 cm³/mol. The normalized spacial score (nSPS) is 16.0. The number of anilines is 1. The van der Waals surface area contributed by atoms with Gasteiger partial charge in [-0.15, -0.1) is 11.3 Å². The molecule has 0 bridgehead atoms. The molecule has 1 aromatic carbocycles. The molecule has 1 N–H and O–H groups in total. The number of benzene rings is 1. The first-order valence-electron chi connectivity index (χ1n) is 8.89. The molecule has 28 heavy (non-hydrogen) atoms. The molecule has 1 fully saturated rings. The number of amidine groups is 1. The van der Waals surface area contributed by atoms with Gasteiger partial charge in [-0.05, 0) is 42.3 Å². The summed E-state index contributed by atoms with van der Waals surface area (Å²) in [5.74, 6) is 0.223. The number of aromatic nitrogens is 3. The van der Waals surface area contributed by atoms with Crippen molar-refractivity contribution in [2.45, 2.75) is 20.3 Å². The molecule has 0 aliphatic carbocycles. The molecule has 8 heteroatoms. The van der Waals surface area contributed by atoms with Gasteiger partial charge in [0.1, 0.15) is 0 Å². The standard InChI is InChI=1S/C20H19N5OS2/c1-13(2)10-16-14(12-24(23-16)15-6-4-3-5-7-15)11-17-18(26)25(19(21)28-17)20-22-8-9-27-20/h3-9,11-13,21H,10H2,1-2H3/b17-11-,21-19?. The highest BCUT2D eigenvalue weighted by Crippen LogP contribution is 2.36. The lowest BCUT2D eigenvalue weighted by atomic mass is 10.1. The molecule has 1 aliphatic rings. The zero-order valence-electron chi connectivity index (χ0n) is 15.5. The summed E-state index contributed by atoms with van der Waals surface area (Å²) >= 11 is 2.50. The molecule has 142 valence electrons. The average Bonchev–Trinajstić information content (AvgIpc) is 3.37. The lowest BCUT2D eigenvalue weighted by molar-refractivity contribution is -0.113. The lowest BCUT2D eigenvalue weighted by Gasteiger charge is -2.08. The summed E-state index contributed by atoms with van der Waals surface area (Å²) in [6.07, 6.45) is 6.24. The summed E-state index contributed by atoms with van der Waals surface area (Å²) in [5.41, 5.74) is 2.82. The number of thioether (sulfide) groups is 1. The second-order valence-corrected chi connectivity index (χ2v) is 8.68. The van der Waals surface area contributed by atoms with Gasteiger partial charge in [0.15, 0.2) is 10.3 Å². The van der Waals surface area contributed by atoms with Gasteiger partial charge in [0.2, 0.25) is 0 Å². The Morgan fingerprint density at radius 1 is 1.25 bits per heavy atom. The van der Waals surface area contributed by atoms with E-state index in [1.54, 1.807) is 11.6 Å². The van der Waals surface area contributed by atoms with E-state index in [1.807, 2.05) is 47.3 Å². The monoisotopic (exact) mass is 409 g/mol. The van der Waals surface area contributed by atoms with Crippen LogP contribution in [0.3, 0.4) is 0 Å². The molecule has 0 radical (unpaired) electrons. The molecule has 3 aromatic rings. The fourth-order valence-electron chi connectivity index (χ4n) is 2.93. The van der Waals surface area contributed by atoms with Crippen molar-refractivity contribution >= 4 is 45.4 Å².